The number of ether oxygens (including phenoxy) is 2. The van der Waals surface area contributed by atoms with Gasteiger partial charge in [0.15, 0.2) is 0 Å². The lowest BCUT2D eigenvalue weighted by Crippen LogP contribution is -2.29. The fourth-order valence-corrected chi connectivity index (χ4v) is 2.45. The van der Waals surface area contributed by atoms with Crippen LogP contribution < -0.4 is 0 Å². The molecule has 2 atom stereocenters. The summed E-state index contributed by atoms with van der Waals surface area (Å²) in [5.41, 5.74) is 0. The molecule has 0 N–H and O–H groups in total. The van der Waals surface area contributed by atoms with E-state index in [1.54, 1.807) is 0 Å². The summed E-state index contributed by atoms with van der Waals surface area (Å²) in [5.74, 6) is -0.129. The van der Waals surface area contributed by atoms with Crippen LogP contribution in [-0.2, 0) is 14.3 Å². The molecule has 1 aliphatic rings. The first kappa shape index (κ1) is 17.2. The first-order chi connectivity index (χ1) is 8.97. The van der Waals surface area contributed by atoms with Gasteiger partial charge in [-0.1, -0.05) is 13.8 Å². The fraction of sp³-hybridized carbons (Fsp3) is 0.929. The number of thiol groups is 2. The predicted molar refractivity (Wildman–Crippen MR) is 84.2 cm³/mol. The summed E-state index contributed by atoms with van der Waals surface area (Å²) in [7, 11) is 0. The number of rotatable bonds is 7. The van der Waals surface area contributed by atoms with Gasteiger partial charge in [-0.05, 0) is 32.1 Å². The summed E-state index contributed by atoms with van der Waals surface area (Å²) in [6, 6.07) is 0. The summed E-state index contributed by atoms with van der Waals surface area (Å²) < 4.78 is 11.2. The van der Waals surface area contributed by atoms with Crippen molar-refractivity contribution in [2.45, 2.75) is 75.1 Å². The highest BCUT2D eigenvalue weighted by atomic mass is 32.1. The Hall–Kier alpha value is 0.130. The van der Waals surface area contributed by atoms with Crippen LogP contribution in [0.2, 0.25) is 0 Å². The van der Waals surface area contributed by atoms with Crippen LogP contribution in [0.4, 0.5) is 0 Å². The van der Waals surface area contributed by atoms with E-state index in [4.69, 9.17) is 9.47 Å². The minimum atomic E-state index is -0.129. The zero-order valence-electron chi connectivity index (χ0n) is 11.9. The van der Waals surface area contributed by atoms with Gasteiger partial charge in [0.05, 0.1) is 12.5 Å². The molecule has 0 saturated heterocycles. The van der Waals surface area contributed by atoms with Crippen molar-refractivity contribution in [1.29, 1.82) is 0 Å². The van der Waals surface area contributed by atoms with Gasteiger partial charge in [0, 0.05) is 17.1 Å². The van der Waals surface area contributed by atoms with Crippen LogP contribution in [0.5, 0.6) is 0 Å². The largest absolute Gasteiger partial charge is 0.462 e. The third kappa shape index (κ3) is 8.10. The first-order valence-corrected chi connectivity index (χ1v) is 8.18. The van der Waals surface area contributed by atoms with Crippen molar-refractivity contribution in [3.8, 4) is 0 Å². The Morgan fingerprint density at radius 3 is 2.21 bits per heavy atom. The number of hydrogen-bond acceptors (Lipinski definition) is 5. The molecule has 0 amide bonds. The molecule has 0 heterocycles. The molecule has 0 radical (unpaired) electrons. The van der Waals surface area contributed by atoms with Gasteiger partial charge in [0.25, 0.3) is 0 Å². The van der Waals surface area contributed by atoms with Gasteiger partial charge in [-0.3, -0.25) is 4.79 Å². The number of esters is 1. The van der Waals surface area contributed by atoms with E-state index in [2.05, 4.69) is 32.2 Å². The smallest absolute Gasteiger partial charge is 0.307 e. The van der Waals surface area contributed by atoms with Gasteiger partial charge in [0.2, 0.25) is 0 Å². The molecule has 2 unspecified atom stereocenters. The Bertz CT molecular complexity index is 261. The quantitative estimate of drug-likeness (QED) is 0.560. The maximum atomic E-state index is 11.5. The zero-order chi connectivity index (χ0) is 14.3. The van der Waals surface area contributed by atoms with E-state index in [0.29, 0.717) is 17.8 Å². The highest BCUT2D eigenvalue weighted by molar-refractivity contribution is 7.81. The topological polar surface area (TPSA) is 35.5 Å². The van der Waals surface area contributed by atoms with Crippen molar-refractivity contribution in [2.75, 3.05) is 6.61 Å². The molecule has 3 nitrogen and oxygen atoms in total. The molecule has 1 fully saturated rings. The van der Waals surface area contributed by atoms with Crippen molar-refractivity contribution >= 4 is 31.2 Å². The molecule has 1 saturated carbocycles. The van der Waals surface area contributed by atoms with E-state index in [1.807, 2.05) is 6.92 Å². The molecule has 19 heavy (non-hydrogen) atoms. The third-order valence-electron chi connectivity index (χ3n) is 3.27. The minimum Gasteiger partial charge on any atom is -0.462 e. The summed E-state index contributed by atoms with van der Waals surface area (Å²) in [5, 5.41) is 0.455. The van der Waals surface area contributed by atoms with Crippen LogP contribution in [0.25, 0.3) is 0 Å². The molecule has 1 rings (SSSR count). The number of carbonyl (C=O) groups is 1. The second-order valence-corrected chi connectivity index (χ2v) is 7.21. The Morgan fingerprint density at radius 1 is 1.11 bits per heavy atom. The SMILES string of the molecule is CC(S)CCOC1CCC(OC(=O)CC(C)S)CC1. The second-order valence-electron chi connectivity index (χ2n) is 5.45. The van der Waals surface area contributed by atoms with Crippen LogP contribution in [-0.4, -0.2) is 35.3 Å². The number of carbonyl (C=O) groups excluding carboxylic acids is 1. The lowest BCUT2D eigenvalue weighted by atomic mass is 9.95. The average Bonchev–Trinajstić information content (AvgIpc) is 2.29. The van der Waals surface area contributed by atoms with Gasteiger partial charge in [-0.15, -0.1) is 0 Å². The molecule has 112 valence electrons. The van der Waals surface area contributed by atoms with Gasteiger partial charge < -0.3 is 9.47 Å². The maximum Gasteiger partial charge on any atom is 0.307 e. The van der Waals surface area contributed by atoms with Crippen LogP contribution >= 0.6 is 25.3 Å². The van der Waals surface area contributed by atoms with E-state index in [0.717, 1.165) is 38.7 Å². The van der Waals surface area contributed by atoms with Gasteiger partial charge >= 0.3 is 5.97 Å². The van der Waals surface area contributed by atoms with Crippen molar-refractivity contribution in [1.82, 2.24) is 0 Å². The molecular formula is C14H26O3S2. The van der Waals surface area contributed by atoms with Crippen LogP contribution in [0.3, 0.4) is 0 Å². The van der Waals surface area contributed by atoms with Crippen LogP contribution in [0.15, 0.2) is 0 Å². The summed E-state index contributed by atoms with van der Waals surface area (Å²) >= 11 is 8.53. The molecule has 0 aliphatic heterocycles. The van der Waals surface area contributed by atoms with Crippen molar-refractivity contribution in [3.63, 3.8) is 0 Å². The van der Waals surface area contributed by atoms with Crippen LogP contribution in [0.1, 0.15) is 52.4 Å². The minimum absolute atomic E-state index is 0.0652. The first-order valence-electron chi connectivity index (χ1n) is 7.14. The molecule has 0 aromatic rings. The highest BCUT2D eigenvalue weighted by Crippen LogP contribution is 2.24. The third-order valence-corrected chi connectivity index (χ3v) is 3.71. The Labute approximate surface area is 127 Å². The van der Waals surface area contributed by atoms with E-state index in [1.165, 1.54) is 0 Å². The number of hydrogen-bond donors (Lipinski definition) is 2. The van der Waals surface area contributed by atoms with Crippen molar-refractivity contribution < 1.29 is 14.3 Å². The molecular weight excluding hydrogens is 280 g/mol. The summed E-state index contributed by atoms with van der Waals surface area (Å²) in [4.78, 5) is 11.5. The summed E-state index contributed by atoms with van der Waals surface area (Å²) in [6.45, 7) is 4.75. The predicted octanol–water partition coefficient (Wildman–Crippen LogP) is 3.27. The standard InChI is InChI=1S/C14H26O3S2/c1-10(18)7-8-16-12-3-5-13(6-4-12)17-14(15)9-11(2)19/h10-13,18-19H,3-9H2,1-2H3. The molecule has 0 spiro atoms. The lowest BCUT2D eigenvalue weighted by Gasteiger charge is -2.28. The van der Waals surface area contributed by atoms with Crippen LogP contribution in [0, 0.1) is 0 Å². The fourth-order valence-electron chi connectivity index (χ4n) is 2.20. The van der Waals surface area contributed by atoms with Gasteiger partial charge in [-0.25, -0.2) is 0 Å². The van der Waals surface area contributed by atoms with Gasteiger partial charge in [-0.2, -0.15) is 25.3 Å². The van der Waals surface area contributed by atoms with E-state index in [9.17, 15) is 4.79 Å². The highest BCUT2D eigenvalue weighted by Gasteiger charge is 2.24. The Balaban J connectivity index is 2.13. The molecule has 0 aromatic heterocycles. The lowest BCUT2D eigenvalue weighted by molar-refractivity contribution is -0.152. The molecule has 1 aliphatic carbocycles. The van der Waals surface area contributed by atoms with E-state index >= 15 is 0 Å². The maximum absolute atomic E-state index is 11.5. The monoisotopic (exact) mass is 306 g/mol. The zero-order valence-corrected chi connectivity index (χ0v) is 13.7. The van der Waals surface area contributed by atoms with E-state index in [-0.39, 0.29) is 17.3 Å². The van der Waals surface area contributed by atoms with Gasteiger partial charge in [0.1, 0.15) is 6.10 Å². The second kappa shape index (κ2) is 9.14. The normalized spacial score (nSPS) is 26.7. The van der Waals surface area contributed by atoms with Crippen molar-refractivity contribution in [2.24, 2.45) is 0 Å². The van der Waals surface area contributed by atoms with E-state index < -0.39 is 0 Å². The molecule has 0 aromatic carbocycles. The van der Waals surface area contributed by atoms with Crippen molar-refractivity contribution in [3.05, 3.63) is 0 Å². The Kier molecular flexibility index (Phi) is 8.26. The average molecular weight is 306 g/mol. The molecule has 0 bridgehead atoms. The summed E-state index contributed by atoms with van der Waals surface area (Å²) in [6.07, 6.45) is 5.55. The Morgan fingerprint density at radius 2 is 1.68 bits per heavy atom. The molecule has 5 heteroatoms.